The van der Waals surface area contributed by atoms with Crippen molar-refractivity contribution >= 4 is 81.1 Å². The standard InChI is InChI=1S/C45H26N4S/c1-2-15-29-28(12-1)26-37(31-17-4-3-16-30(29)31)44-46-43(36-22-11-21-35-33-19-6-8-25-40(33)50-42(35)36)47-45(48-44)49-38-23-7-5-18-32(38)34-20-9-13-27-14-10-24-39(49)41(27)34/h1-26H. The highest BCUT2D eigenvalue weighted by Gasteiger charge is 2.29. The molecule has 0 radical (unpaired) electrons. The molecule has 0 saturated heterocycles. The third kappa shape index (κ3) is 3.95. The zero-order chi connectivity index (χ0) is 32.8. The average molecular weight is 655 g/mol. The maximum absolute atomic E-state index is 5.40. The number of aromatic nitrogens is 3. The fourth-order valence-electron chi connectivity index (χ4n) is 7.84. The Balaban J connectivity index is 1.25. The van der Waals surface area contributed by atoms with Crippen molar-refractivity contribution in [3.8, 4) is 33.9 Å². The molecular weight excluding hydrogens is 629 g/mol. The summed E-state index contributed by atoms with van der Waals surface area (Å²) in [6.07, 6.45) is 0. The minimum absolute atomic E-state index is 0.592. The van der Waals surface area contributed by atoms with Gasteiger partial charge in [0, 0.05) is 42.2 Å². The fraction of sp³-hybridized carbons (Fsp3) is 0. The molecule has 0 saturated carbocycles. The average Bonchev–Trinajstić information content (AvgIpc) is 3.57. The lowest BCUT2D eigenvalue weighted by Crippen LogP contribution is -2.18. The van der Waals surface area contributed by atoms with Gasteiger partial charge in [-0.25, -0.2) is 4.98 Å². The highest BCUT2D eigenvalue weighted by Crippen LogP contribution is 2.50. The van der Waals surface area contributed by atoms with E-state index in [1.807, 2.05) is 0 Å². The zero-order valence-electron chi connectivity index (χ0n) is 26.7. The van der Waals surface area contributed by atoms with E-state index in [1.54, 1.807) is 11.3 Å². The molecule has 0 atom stereocenters. The van der Waals surface area contributed by atoms with E-state index in [2.05, 4.69) is 163 Å². The number of benzene rings is 8. The molecule has 8 aromatic carbocycles. The molecule has 0 unspecified atom stereocenters. The predicted octanol–water partition coefficient (Wildman–Crippen LogP) is 12.5. The molecule has 2 aromatic heterocycles. The molecule has 0 amide bonds. The smallest absolute Gasteiger partial charge is 0.238 e. The third-order valence-electron chi connectivity index (χ3n) is 10.0. The van der Waals surface area contributed by atoms with Crippen molar-refractivity contribution in [3.05, 3.63) is 158 Å². The minimum atomic E-state index is 0.592. The van der Waals surface area contributed by atoms with E-state index in [0.29, 0.717) is 17.6 Å². The Bertz CT molecular complexity index is 3010. The van der Waals surface area contributed by atoms with Gasteiger partial charge in [0.15, 0.2) is 11.6 Å². The molecule has 0 bridgehead atoms. The first-order valence-electron chi connectivity index (χ1n) is 16.8. The summed E-state index contributed by atoms with van der Waals surface area (Å²) in [5.74, 6) is 1.89. The van der Waals surface area contributed by atoms with Gasteiger partial charge in [-0.15, -0.1) is 11.3 Å². The Labute approximate surface area is 291 Å². The molecule has 232 valence electrons. The molecule has 3 heterocycles. The van der Waals surface area contributed by atoms with E-state index in [9.17, 15) is 0 Å². The predicted molar refractivity (Wildman–Crippen MR) is 210 cm³/mol. The van der Waals surface area contributed by atoms with Crippen molar-refractivity contribution in [2.75, 3.05) is 4.90 Å². The van der Waals surface area contributed by atoms with Crippen LogP contribution >= 0.6 is 11.3 Å². The molecule has 0 spiro atoms. The highest BCUT2D eigenvalue weighted by atomic mass is 32.1. The van der Waals surface area contributed by atoms with Gasteiger partial charge in [-0.2, -0.15) is 9.97 Å². The van der Waals surface area contributed by atoms with Crippen LogP contribution in [0.1, 0.15) is 0 Å². The van der Waals surface area contributed by atoms with Gasteiger partial charge < -0.3 is 0 Å². The largest absolute Gasteiger partial charge is 0.278 e. The van der Waals surface area contributed by atoms with Crippen LogP contribution in [0.15, 0.2) is 158 Å². The van der Waals surface area contributed by atoms with Gasteiger partial charge in [0.25, 0.3) is 0 Å². The maximum atomic E-state index is 5.40. The van der Waals surface area contributed by atoms with Crippen LogP contribution in [-0.4, -0.2) is 15.0 Å². The second kappa shape index (κ2) is 10.5. The number of hydrogen-bond donors (Lipinski definition) is 0. The van der Waals surface area contributed by atoms with Gasteiger partial charge in [-0.1, -0.05) is 127 Å². The van der Waals surface area contributed by atoms with Crippen molar-refractivity contribution in [2.24, 2.45) is 0 Å². The number of hydrogen-bond acceptors (Lipinski definition) is 5. The van der Waals surface area contributed by atoms with Gasteiger partial charge >= 0.3 is 0 Å². The SMILES string of the molecule is c1ccc2c(c1)-c1cccc3cccc(c13)N2c1nc(-c2cc3ccccc3c3ccccc23)nc(-c2cccc3c2sc2ccccc23)n1. The maximum Gasteiger partial charge on any atom is 0.238 e. The second-order valence-corrected chi connectivity index (χ2v) is 13.8. The van der Waals surface area contributed by atoms with Crippen molar-refractivity contribution in [2.45, 2.75) is 0 Å². The Morgan fingerprint density at radius 2 is 1.00 bits per heavy atom. The third-order valence-corrected chi connectivity index (χ3v) is 11.3. The molecule has 1 aliphatic heterocycles. The molecule has 5 heteroatoms. The molecule has 11 rings (SSSR count). The van der Waals surface area contributed by atoms with Gasteiger partial charge in [0.1, 0.15) is 0 Å². The first kappa shape index (κ1) is 27.5. The molecule has 0 aliphatic carbocycles. The molecule has 1 aliphatic rings. The van der Waals surface area contributed by atoms with E-state index < -0.39 is 0 Å². The molecular formula is C45H26N4S. The van der Waals surface area contributed by atoms with Crippen LogP contribution in [-0.2, 0) is 0 Å². The van der Waals surface area contributed by atoms with Gasteiger partial charge in [0.2, 0.25) is 5.95 Å². The zero-order valence-corrected chi connectivity index (χ0v) is 27.5. The van der Waals surface area contributed by atoms with Crippen molar-refractivity contribution in [1.82, 2.24) is 15.0 Å². The quantitative estimate of drug-likeness (QED) is 0.178. The molecule has 10 aromatic rings. The van der Waals surface area contributed by atoms with Gasteiger partial charge in [-0.3, -0.25) is 4.90 Å². The summed E-state index contributed by atoms with van der Waals surface area (Å²) in [6, 6.07) is 56.1. The summed E-state index contributed by atoms with van der Waals surface area (Å²) in [6.45, 7) is 0. The second-order valence-electron chi connectivity index (χ2n) is 12.8. The van der Waals surface area contributed by atoms with E-state index in [0.717, 1.165) is 38.8 Å². The van der Waals surface area contributed by atoms with E-state index >= 15 is 0 Å². The monoisotopic (exact) mass is 654 g/mol. The lowest BCUT2D eigenvalue weighted by atomic mass is 9.91. The van der Waals surface area contributed by atoms with Crippen LogP contribution in [0.2, 0.25) is 0 Å². The molecule has 50 heavy (non-hydrogen) atoms. The van der Waals surface area contributed by atoms with Crippen LogP contribution in [0.25, 0.3) is 86.4 Å². The number of nitrogens with zero attached hydrogens (tertiary/aromatic N) is 4. The van der Waals surface area contributed by atoms with Crippen LogP contribution in [0, 0.1) is 0 Å². The summed E-state index contributed by atoms with van der Waals surface area (Å²) in [7, 11) is 0. The van der Waals surface area contributed by atoms with Gasteiger partial charge in [-0.05, 0) is 62.8 Å². The Morgan fingerprint density at radius 1 is 0.400 bits per heavy atom. The van der Waals surface area contributed by atoms with Gasteiger partial charge in [0.05, 0.1) is 11.4 Å². The van der Waals surface area contributed by atoms with Crippen LogP contribution in [0.4, 0.5) is 17.3 Å². The number of para-hydroxylation sites is 1. The number of anilines is 3. The number of rotatable bonds is 3. The summed E-state index contributed by atoms with van der Waals surface area (Å²) in [5, 5.41) is 9.49. The van der Waals surface area contributed by atoms with Crippen molar-refractivity contribution in [1.29, 1.82) is 0 Å². The summed E-state index contributed by atoms with van der Waals surface area (Å²) in [4.78, 5) is 18.4. The van der Waals surface area contributed by atoms with Crippen LogP contribution in [0.5, 0.6) is 0 Å². The highest BCUT2D eigenvalue weighted by molar-refractivity contribution is 7.26. The normalized spacial score (nSPS) is 12.4. The lowest BCUT2D eigenvalue weighted by Gasteiger charge is -2.32. The minimum Gasteiger partial charge on any atom is -0.278 e. The molecule has 4 nitrogen and oxygen atoms in total. The van der Waals surface area contributed by atoms with E-state index in [-0.39, 0.29) is 0 Å². The Kier molecular flexibility index (Phi) is 5.80. The van der Waals surface area contributed by atoms with Crippen LogP contribution in [0.3, 0.4) is 0 Å². The summed E-state index contributed by atoms with van der Waals surface area (Å²) in [5.41, 5.74) is 6.46. The molecule has 0 N–H and O–H groups in total. The lowest BCUT2D eigenvalue weighted by molar-refractivity contribution is 1.03. The van der Waals surface area contributed by atoms with E-state index in [4.69, 9.17) is 15.0 Å². The summed E-state index contributed by atoms with van der Waals surface area (Å²) >= 11 is 1.79. The Morgan fingerprint density at radius 3 is 1.90 bits per heavy atom. The van der Waals surface area contributed by atoms with Crippen LogP contribution < -0.4 is 4.90 Å². The Hall–Kier alpha value is -6.43. The van der Waals surface area contributed by atoms with Crippen molar-refractivity contribution < 1.29 is 0 Å². The molecule has 0 fully saturated rings. The first-order chi connectivity index (χ1) is 24.8. The number of fused-ring (bicyclic) bond motifs is 8. The van der Waals surface area contributed by atoms with E-state index in [1.165, 1.54) is 47.3 Å². The fourth-order valence-corrected chi connectivity index (χ4v) is 9.05. The first-order valence-corrected chi connectivity index (χ1v) is 17.6. The van der Waals surface area contributed by atoms with Crippen molar-refractivity contribution in [3.63, 3.8) is 0 Å². The topological polar surface area (TPSA) is 41.9 Å². The number of thiophene rings is 1. The summed E-state index contributed by atoms with van der Waals surface area (Å²) < 4.78 is 2.42.